The molecule has 0 aromatic carbocycles. The van der Waals surface area contributed by atoms with Gasteiger partial charge in [0.1, 0.15) is 5.65 Å². The molecule has 2 N–H and O–H groups in total. The number of H-pyrrole nitrogens is 1. The number of nitrogens with one attached hydrogen (secondary N) is 2. The van der Waals surface area contributed by atoms with E-state index < -0.39 is 0 Å². The molecule has 19 heavy (non-hydrogen) atoms. The van der Waals surface area contributed by atoms with E-state index >= 15 is 0 Å². The highest BCUT2D eigenvalue weighted by Gasteiger charge is 2.19. The van der Waals surface area contributed by atoms with Crippen LogP contribution in [0.3, 0.4) is 0 Å². The summed E-state index contributed by atoms with van der Waals surface area (Å²) in [6.07, 6.45) is 3.54. The van der Waals surface area contributed by atoms with Crippen LogP contribution in [0.2, 0.25) is 0 Å². The van der Waals surface area contributed by atoms with Crippen molar-refractivity contribution in [1.82, 2.24) is 19.9 Å². The van der Waals surface area contributed by atoms with Gasteiger partial charge in [-0.15, -0.1) is 12.4 Å². The summed E-state index contributed by atoms with van der Waals surface area (Å²) < 4.78 is 1.48. The van der Waals surface area contributed by atoms with Crippen molar-refractivity contribution in [2.24, 2.45) is 0 Å². The fourth-order valence-corrected chi connectivity index (χ4v) is 2.52. The summed E-state index contributed by atoms with van der Waals surface area (Å²) in [6.45, 7) is 4.78. The largest absolute Gasteiger partial charge is 0.343 e. The molecule has 6 heteroatoms. The van der Waals surface area contributed by atoms with E-state index in [9.17, 15) is 4.79 Å². The second-order valence-corrected chi connectivity index (χ2v) is 5.05. The van der Waals surface area contributed by atoms with Crippen LogP contribution < -0.4 is 10.9 Å². The van der Waals surface area contributed by atoms with Crippen LogP contribution in [-0.2, 0) is 0 Å². The van der Waals surface area contributed by atoms with Gasteiger partial charge < -0.3 is 10.3 Å². The Balaban J connectivity index is 0.00000133. The predicted octanol–water partition coefficient (Wildman–Crippen LogP) is 1.88. The predicted molar refractivity (Wildman–Crippen MR) is 77.1 cm³/mol. The Kier molecular flexibility index (Phi) is 3.96. The van der Waals surface area contributed by atoms with Gasteiger partial charge in [-0.3, -0.25) is 4.79 Å². The lowest BCUT2D eigenvalue weighted by Gasteiger charge is -2.21. The zero-order valence-corrected chi connectivity index (χ0v) is 12.0. The Morgan fingerprint density at radius 3 is 2.84 bits per heavy atom. The molecule has 3 rings (SSSR count). The van der Waals surface area contributed by atoms with Crippen molar-refractivity contribution >= 4 is 18.1 Å². The van der Waals surface area contributed by atoms with Crippen LogP contribution >= 0.6 is 12.4 Å². The molecule has 1 aliphatic heterocycles. The average Bonchev–Trinajstić information content (AvgIpc) is 2.81. The molecule has 1 saturated heterocycles. The summed E-state index contributed by atoms with van der Waals surface area (Å²) in [7, 11) is 0. The fourth-order valence-electron chi connectivity index (χ4n) is 2.52. The Morgan fingerprint density at radius 2 is 2.16 bits per heavy atom. The number of aryl methyl sites for hydroxylation is 1. The minimum absolute atomic E-state index is 0. The first-order valence-electron chi connectivity index (χ1n) is 6.49. The summed E-state index contributed by atoms with van der Waals surface area (Å²) in [5, 5.41) is 7.90. The minimum atomic E-state index is -0.0247. The number of aromatic nitrogens is 3. The van der Waals surface area contributed by atoms with Gasteiger partial charge >= 0.3 is 0 Å². The van der Waals surface area contributed by atoms with Crippen molar-refractivity contribution in [2.45, 2.75) is 39.2 Å². The summed E-state index contributed by atoms with van der Waals surface area (Å²) in [4.78, 5) is 15.3. The molecule has 0 radical (unpaired) electrons. The summed E-state index contributed by atoms with van der Waals surface area (Å²) >= 11 is 0. The number of halogens is 1. The Bertz CT molecular complexity index is 640. The zero-order valence-electron chi connectivity index (χ0n) is 11.2. The lowest BCUT2D eigenvalue weighted by Crippen LogP contribution is -2.27. The molecule has 3 heterocycles. The quantitative estimate of drug-likeness (QED) is 0.839. The summed E-state index contributed by atoms with van der Waals surface area (Å²) in [6, 6.07) is 2.27. The van der Waals surface area contributed by atoms with Crippen molar-refractivity contribution < 1.29 is 0 Å². The number of hydrogen-bond acceptors (Lipinski definition) is 3. The maximum atomic E-state index is 12.1. The van der Waals surface area contributed by atoms with Gasteiger partial charge in [-0.25, -0.2) is 0 Å². The van der Waals surface area contributed by atoms with E-state index in [1.54, 1.807) is 0 Å². The lowest BCUT2D eigenvalue weighted by molar-refractivity contribution is 0.404. The number of fused-ring (bicyclic) bond motifs is 1. The molecule has 0 unspecified atom stereocenters. The number of aromatic amines is 1. The second-order valence-electron chi connectivity index (χ2n) is 5.05. The van der Waals surface area contributed by atoms with Crippen LogP contribution in [0.1, 0.15) is 42.3 Å². The second kappa shape index (κ2) is 5.35. The highest BCUT2D eigenvalue weighted by atomic mass is 35.5. The first-order valence-corrected chi connectivity index (χ1v) is 6.49. The summed E-state index contributed by atoms with van der Waals surface area (Å²) in [5.41, 5.74) is 3.37. The van der Waals surface area contributed by atoms with Crippen LogP contribution in [0.25, 0.3) is 5.65 Å². The van der Waals surface area contributed by atoms with E-state index in [2.05, 4.69) is 15.4 Å². The number of nitrogens with zero attached hydrogens (tertiary/aromatic N) is 2. The lowest BCUT2D eigenvalue weighted by atomic mass is 10.0. The van der Waals surface area contributed by atoms with Crippen LogP contribution in [-0.4, -0.2) is 21.1 Å². The third-order valence-corrected chi connectivity index (χ3v) is 3.79. The van der Waals surface area contributed by atoms with Gasteiger partial charge in [0.2, 0.25) is 0 Å². The highest BCUT2D eigenvalue weighted by molar-refractivity contribution is 5.85. The van der Waals surface area contributed by atoms with Gasteiger partial charge in [0.05, 0.1) is 11.7 Å². The van der Waals surface area contributed by atoms with Crippen molar-refractivity contribution in [3.8, 4) is 0 Å². The monoisotopic (exact) mass is 282 g/mol. The third kappa shape index (κ3) is 2.40. The van der Waals surface area contributed by atoms with E-state index in [0.717, 1.165) is 35.6 Å². The SMILES string of the molecule is Cc1[nH]c2cc([C@@H]3CCCCN3)nn2c(=O)c1C.Cl. The van der Waals surface area contributed by atoms with E-state index in [1.165, 1.54) is 17.4 Å². The molecule has 0 spiro atoms. The normalized spacial score (nSPS) is 19.4. The van der Waals surface area contributed by atoms with E-state index in [1.807, 2.05) is 19.9 Å². The fraction of sp³-hybridized carbons (Fsp3) is 0.538. The molecular formula is C13H19ClN4O. The summed E-state index contributed by atoms with van der Waals surface area (Å²) in [5.74, 6) is 0. The van der Waals surface area contributed by atoms with Gasteiger partial charge in [0, 0.05) is 17.3 Å². The molecule has 2 aromatic rings. The van der Waals surface area contributed by atoms with Gasteiger partial charge in [0.15, 0.2) is 0 Å². The topological polar surface area (TPSA) is 62.2 Å². The van der Waals surface area contributed by atoms with Gasteiger partial charge in [-0.1, -0.05) is 6.42 Å². The van der Waals surface area contributed by atoms with Crippen LogP contribution in [0.4, 0.5) is 0 Å². The first kappa shape index (κ1) is 14.1. The number of piperidine rings is 1. The van der Waals surface area contributed by atoms with Crippen molar-refractivity contribution in [2.75, 3.05) is 6.54 Å². The van der Waals surface area contributed by atoms with E-state index in [-0.39, 0.29) is 24.0 Å². The minimum Gasteiger partial charge on any atom is -0.343 e. The number of rotatable bonds is 1. The molecule has 0 bridgehead atoms. The molecule has 1 aliphatic rings. The Morgan fingerprint density at radius 1 is 1.37 bits per heavy atom. The molecule has 104 valence electrons. The van der Waals surface area contributed by atoms with Crippen LogP contribution in [0.15, 0.2) is 10.9 Å². The Labute approximate surface area is 117 Å². The van der Waals surface area contributed by atoms with E-state index in [4.69, 9.17) is 0 Å². The maximum Gasteiger partial charge on any atom is 0.277 e. The van der Waals surface area contributed by atoms with Crippen LogP contribution in [0.5, 0.6) is 0 Å². The van der Waals surface area contributed by atoms with Gasteiger partial charge in [0.25, 0.3) is 5.56 Å². The molecule has 1 fully saturated rings. The van der Waals surface area contributed by atoms with Crippen molar-refractivity contribution in [1.29, 1.82) is 0 Å². The maximum absolute atomic E-state index is 12.1. The number of hydrogen-bond donors (Lipinski definition) is 2. The molecule has 5 nitrogen and oxygen atoms in total. The molecule has 1 atom stereocenters. The van der Waals surface area contributed by atoms with Crippen molar-refractivity contribution in [3.05, 3.63) is 33.4 Å². The van der Waals surface area contributed by atoms with Crippen molar-refractivity contribution in [3.63, 3.8) is 0 Å². The molecule has 0 amide bonds. The Hall–Kier alpha value is -1.33. The average molecular weight is 283 g/mol. The molecule has 0 saturated carbocycles. The molecule has 2 aromatic heterocycles. The van der Waals surface area contributed by atoms with Gasteiger partial charge in [-0.2, -0.15) is 9.61 Å². The standard InChI is InChI=1S/C13H18N4O.ClH/c1-8-9(2)15-12-7-11(16-17(12)13(8)18)10-5-3-4-6-14-10;/h7,10,14-15H,3-6H2,1-2H3;1H/t10-;/m0./s1. The highest BCUT2D eigenvalue weighted by Crippen LogP contribution is 2.22. The van der Waals surface area contributed by atoms with Gasteiger partial charge in [-0.05, 0) is 33.2 Å². The molecule has 0 aliphatic carbocycles. The third-order valence-electron chi connectivity index (χ3n) is 3.79. The molecular weight excluding hydrogens is 264 g/mol. The van der Waals surface area contributed by atoms with E-state index in [0.29, 0.717) is 0 Å². The first-order chi connectivity index (χ1) is 8.66. The smallest absolute Gasteiger partial charge is 0.277 e. The zero-order chi connectivity index (χ0) is 12.7. The van der Waals surface area contributed by atoms with Crippen LogP contribution in [0, 0.1) is 13.8 Å².